The minimum atomic E-state index is -0.325. The molecule has 1 aromatic rings. The fourth-order valence-electron chi connectivity index (χ4n) is 1.95. The number of carbonyl (C=O) groups excluding carboxylic acids is 2. The van der Waals surface area contributed by atoms with E-state index < -0.39 is 0 Å². The lowest BCUT2D eigenvalue weighted by Gasteiger charge is -2.13. The third-order valence-corrected chi connectivity index (χ3v) is 4.45. The van der Waals surface area contributed by atoms with Crippen molar-refractivity contribution in [2.24, 2.45) is 0 Å². The predicted octanol–water partition coefficient (Wildman–Crippen LogP) is 3.40. The largest absolute Gasteiger partial charge is 0.466 e. The Balaban J connectivity index is 1.96. The predicted molar refractivity (Wildman–Crippen MR) is 96.7 cm³/mol. The third-order valence-electron chi connectivity index (χ3n) is 3.05. The van der Waals surface area contributed by atoms with Gasteiger partial charge in [0.05, 0.1) is 17.9 Å². The molecular formula is C17H17NO3S2. The van der Waals surface area contributed by atoms with E-state index in [-0.39, 0.29) is 24.8 Å². The lowest BCUT2D eigenvalue weighted by Crippen LogP contribution is -2.30. The molecule has 0 atom stereocenters. The van der Waals surface area contributed by atoms with Crippen molar-refractivity contribution in [2.45, 2.75) is 13.3 Å². The second-order valence-corrected chi connectivity index (χ2v) is 6.36. The minimum Gasteiger partial charge on any atom is -0.466 e. The van der Waals surface area contributed by atoms with E-state index in [0.29, 0.717) is 15.8 Å². The maximum absolute atomic E-state index is 12.3. The molecule has 1 aliphatic rings. The molecule has 6 heteroatoms. The van der Waals surface area contributed by atoms with Gasteiger partial charge < -0.3 is 4.74 Å². The van der Waals surface area contributed by atoms with Gasteiger partial charge in [0.15, 0.2) is 0 Å². The Hall–Kier alpha value is -1.92. The normalized spacial score (nSPS) is 16.6. The van der Waals surface area contributed by atoms with Crippen molar-refractivity contribution < 1.29 is 14.3 Å². The molecule has 1 aliphatic heterocycles. The molecule has 120 valence electrons. The summed E-state index contributed by atoms with van der Waals surface area (Å²) in [4.78, 5) is 25.7. The van der Waals surface area contributed by atoms with Crippen LogP contribution in [0.25, 0.3) is 6.08 Å². The Morgan fingerprint density at radius 3 is 2.78 bits per heavy atom. The molecule has 1 fully saturated rings. The van der Waals surface area contributed by atoms with Crippen LogP contribution >= 0.6 is 24.0 Å². The number of carbonyl (C=O) groups is 2. The number of thiocarbonyl (C=S) groups is 1. The van der Waals surface area contributed by atoms with Crippen LogP contribution in [-0.2, 0) is 14.3 Å². The van der Waals surface area contributed by atoms with E-state index in [2.05, 4.69) is 0 Å². The molecule has 1 amide bonds. The molecule has 0 aliphatic carbocycles. The smallest absolute Gasteiger partial charge is 0.307 e. The Labute approximate surface area is 145 Å². The number of allylic oxidation sites excluding steroid dienone is 2. The summed E-state index contributed by atoms with van der Waals surface area (Å²) in [6.07, 6.45) is 5.64. The number of ether oxygens (including phenoxy) is 1. The van der Waals surface area contributed by atoms with E-state index in [1.807, 2.05) is 42.5 Å². The number of hydrogen-bond acceptors (Lipinski definition) is 5. The number of nitrogens with zero attached hydrogens (tertiary/aromatic N) is 1. The van der Waals surface area contributed by atoms with Crippen molar-refractivity contribution in [1.29, 1.82) is 0 Å². The van der Waals surface area contributed by atoms with E-state index in [0.717, 1.165) is 5.56 Å². The van der Waals surface area contributed by atoms with Gasteiger partial charge in [-0.05, 0) is 18.6 Å². The van der Waals surface area contributed by atoms with Gasteiger partial charge in [-0.15, -0.1) is 0 Å². The van der Waals surface area contributed by atoms with Gasteiger partial charge in [-0.2, -0.15) is 0 Å². The van der Waals surface area contributed by atoms with Gasteiger partial charge in [0.25, 0.3) is 5.91 Å². The first-order valence-corrected chi connectivity index (χ1v) is 8.47. The first-order chi connectivity index (χ1) is 11.1. The number of rotatable bonds is 6. The first kappa shape index (κ1) is 17.4. The highest BCUT2D eigenvalue weighted by Crippen LogP contribution is 2.31. The zero-order chi connectivity index (χ0) is 16.7. The molecule has 0 N–H and O–H groups in total. The molecule has 0 spiro atoms. The molecule has 0 aromatic heterocycles. The van der Waals surface area contributed by atoms with E-state index in [1.54, 1.807) is 13.0 Å². The molecule has 0 unspecified atom stereocenters. The van der Waals surface area contributed by atoms with Gasteiger partial charge >= 0.3 is 5.97 Å². The summed E-state index contributed by atoms with van der Waals surface area (Å²) >= 11 is 6.45. The van der Waals surface area contributed by atoms with Crippen molar-refractivity contribution in [3.63, 3.8) is 0 Å². The van der Waals surface area contributed by atoms with Crippen molar-refractivity contribution in [1.82, 2.24) is 4.90 Å². The van der Waals surface area contributed by atoms with E-state index in [4.69, 9.17) is 17.0 Å². The molecule has 1 heterocycles. The summed E-state index contributed by atoms with van der Waals surface area (Å²) in [7, 11) is 0. The molecule has 2 rings (SSSR count). The fourth-order valence-corrected chi connectivity index (χ4v) is 3.21. The van der Waals surface area contributed by atoms with Crippen LogP contribution in [0.1, 0.15) is 18.9 Å². The van der Waals surface area contributed by atoms with Crippen LogP contribution < -0.4 is 0 Å². The highest BCUT2D eigenvalue weighted by atomic mass is 32.2. The fraction of sp³-hybridized carbons (Fsp3) is 0.235. The van der Waals surface area contributed by atoms with E-state index in [1.165, 1.54) is 16.7 Å². The van der Waals surface area contributed by atoms with Crippen LogP contribution in [0, 0.1) is 0 Å². The Morgan fingerprint density at radius 1 is 1.35 bits per heavy atom. The number of esters is 1. The molecule has 4 nitrogen and oxygen atoms in total. The number of thioether (sulfide) groups is 1. The lowest BCUT2D eigenvalue weighted by atomic mass is 10.2. The Morgan fingerprint density at radius 2 is 2.09 bits per heavy atom. The summed E-state index contributed by atoms with van der Waals surface area (Å²) in [5, 5.41) is 0. The lowest BCUT2D eigenvalue weighted by molar-refractivity contribution is -0.143. The molecule has 1 saturated heterocycles. The molecule has 23 heavy (non-hydrogen) atoms. The molecule has 1 aromatic carbocycles. The Bertz CT molecular complexity index is 653. The van der Waals surface area contributed by atoms with Crippen LogP contribution in [0.15, 0.2) is 47.4 Å². The summed E-state index contributed by atoms with van der Waals surface area (Å²) in [6.45, 7) is 2.34. The minimum absolute atomic E-state index is 0.146. The quantitative estimate of drug-likeness (QED) is 0.448. The van der Waals surface area contributed by atoms with Crippen molar-refractivity contribution in [3.8, 4) is 0 Å². The summed E-state index contributed by atoms with van der Waals surface area (Å²) < 4.78 is 5.33. The van der Waals surface area contributed by atoms with Gasteiger partial charge in [0.2, 0.25) is 0 Å². The SMILES string of the molecule is CCOC(=O)CCN1C(=O)C(=CC=Cc2ccccc2)SC1=S. The summed E-state index contributed by atoms with van der Waals surface area (Å²) in [5.74, 6) is -0.489. The molecule has 0 radical (unpaired) electrons. The summed E-state index contributed by atoms with van der Waals surface area (Å²) in [5.41, 5.74) is 1.06. The zero-order valence-electron chi connectivity index (χ0n) is 12.7. The van der Waals surface area contributed by atoms with Crippen LogP contribution in [0.3, 0.4) is 0 Å². The first-order valence-electron chi connectivity index (χ1n) is 7.24. The molecule has 0 saturated carbocycles. The third kappa shape index (κ3) is 5.04. The van der Waals surface area contributed by atoms with Crippen LogP contribution in [-0.4, -0.2) is 34.2 Å². The van der Waals surface area contributed by atoms with E-state index in [9.17, 15) is 9.59 Å². The maximum Gasteiger partial charge on any atom is 0.307 e. The van der Waals surface area contributed by atoms with Crippen LogP contribution in [0.4, 0.5) is 0 Å². The highest BCUT2D eigenvalue weighted by molar-refractivity contribution is 8.26. The van der Waals surface area contributed by atoms with Crippen LogP contribution in [0.2, 0.25) is 0 Å². The molecular weight excluding hydrogens is 330 g/mol. The summed E-state index contributed by atoms with van der Waals surface area (Å²) in [6, 6.07) is 9.82. The maximum atomic E-state index is 12.3. The number of hydrogen-bond donors (Lipinski definition) is 0. The average Bonchev–Trinajstić information content (AvgIpc) is 2.81. The topological polar surface area (TPSA) is 46.6 Å². The van der Waals surface area contributed by atoms with E-state index >= 15 is 0 Å². The monoisotopic (exact) mass is 347 g/mol. The van der Waals surface area contributed by atoms with Gasteiger partial charge in [0, 0.05) is 6.54 Å². The second-order valence-electron chi connectivity index (χ2n) is 4.68. The Kier molecular flexibility index (Phi) is 6.55. The highest BCUT2D eigenvalue weighted by Gasteiger charge is 2.31. The van der Waals surface area contributed by atoms with Crippen molar-refractivity contribution in [3.05, 3.63) is 53.0 Å². The van der Waals surface area contributed by atoms with Crippen molar-refractivity contribution in [2.75, 3.05) is 13.2 Å². The van der Waals surface area contributed by atoms with Gasteiger partial charge in [0.1, 0.15) is 4.32 Å². The zero-order valence-corrected chi connectivity index (χ0v) is 14.4. The number of benzene rings is 1. The van der Waals surface area contributed by atoms with Gasteiger partial charge in [-0.25, -0.2) is 0 Å². The van der Waals surface area contributed by atoms with Crippen molar-refractivity contribution >= 4 is 46.3 Å². The average molecular weight is 347 g/mol. The van der Waals surface area contributed by atoms with Gasteiger partial charge in [-0.1, -0.05) is 66.5 Å². The van der Waals surface area contributed by atoms with Gasteiger partial charge in [-0.3, -0.25) is 14.5 Å². The molecule has 0 bridgehead atoms. The standard InChI is InChI=1S/C17H17NO3S2/c1-2-21-15(19)11-12-18-16(20)14(23-17(18)22)10-6-9-13-7-4-3-5-8-13/h3-10H,2,11-12H2,1H3. The van der Waals surface area contributed by atoms with Crippen LogP contribution in [0.5, 0.6) is 0 Å². The second kappa shape index (κ2) is 8.64. The number of amides is 1.